The Balaban J connectivity index is 0.00000326. The van der Waals surface area contributed by atoms with Gasteiger partial charge in [0.05, 0.1) is 0 Å². The fourth-order valence-electron chi connectivity index (χ4n) is 2.19. The molecule has 10 heteroatoms. The van der Waals surface area contributed by atoms with Crippen LogP contribution in [0.4, 0.5) is 0 Å². The number of nitrogens with zero attached hydrogens (tertiary/aromatic N) is 2. The van der Waals surface area contributed by atoms with Crippen LogP contribution in [0.1, 0.15) is 48.0 Å². The van der Waals surface area contributed by atoms with E-state index in [0.717, 1.165) is 39.3 Å². The van der Waals surface area contributed by atoms with E-state index in [-0.39, 0.29) is 18.7 Å². The predicted octanol–water partition coefficient (Wildman–Crippen LogP) is 4.08. The molecule has 160 valence electrons. The van der Waals surface area contributed by atoms with Gasteiger partial charge >= 0.3 is 157 Å². The molecule has 0 saturated carbocycles. The molecule has 0 N–H and O–H groups in total. The van der Waals surface area contributed by atoms with Crippen LogP contribution in [0.25, 0.3) is 0 Å². The van der Waals surface area contributed by atoms with Crippen molar-refractivity contribution in [1.29, 1.82) is 0 Å². The van der Waals surface area contributed by atoms with Crippen LogP contribution in [0, 0.1) is 10.3 Å². The summed E-state index contributed by atoms with van der Waals surface area (Å²) in [4.78, 5) is 28.7. The van der Waals surface area contributed by atoms with E-state index in [1.54, 1.807) is 0 Å². The van der Waals surface area contributed by atoms with Crippen LogP contribution in [0.5, 0.6) is 0 Å². The van der Waals surface area contributed by atoms with Gasteiger partial charge in [-0.1, -0.05) is 13.8 Å². The van der Waals surface area contributed by atoms with Gasteiger partial charge in [-0.15, -0.1) is 0 Å². The van der Waals surface area contributed by atoms with Gasteiger partial charge in [-0.2, -0.15) is 0 Å². The fourth-order valence-corrected chi connectivity index (χ4v) is 7.50. The monoisotopic (exact) mass is 490 g/mol. The predicted molar refractivity (Wildman–Crippen MR) is 115 cm³/mol. The van der Waals surface area contributed by atoms with Gasteiger partial charge in [0.1, 0.15) is 0 Å². The zero-order valence-corrected chi connectivity index (χ0v) is 20.9. The van der Waals surface area contributed by atoms with Crippen molar-refractivity contribution in [2.45, 2.75) is 54.1 Å². The van der Waals surface area contributed by atoms with Crippen molar-refractivity contribution in [2.24, 2.45) is 10.4 Å². The molecule has 7 nitrogen and oxygen atoms in total. The van der Waals surface area contributed by atoms with Crippen molar-refractivity contribution < 1.29 is 18.8 Å². The molecule has 1 heterocycles. The normalized spacial score (nSPS) is 17.6. The number of esters is 1. The molecular formula is C17H35N2O5PSSe. The molecule has 0 aliphatic carbocycles. The number of hydrogen-bond donors (Lipinski definition) is 0. The second-order valence-electron chi connectivity index (χ2n) is 6.76. The number of hydrogen-bond acceptors (Lipinski definition) is 8. The van der Waals surface area contributed by atoms with Gasteiger partial charge in [-0.25, -0.2) is 0 Å². The molecule has 27 heavy (non-hydrogen) atoms. The molecular weight excluding hydrogens is 454 g/mol. The Labute approximate surface area is 175 Å². The van der Waals surface area contributed by atoms with E-state index >= 15 is 0 Å². The molecule has 1 rings (SSSR count). The van der Waals surface area contributed by atoms with Gasteiger partial charge < -0.3 is 4.74 Å². The van der Waals surface area contributed by atoms with E-state index in [1.165, 1.54) is 11.4 Å². The van der Waals surface area contributed by atoms with Gasteiger partial charge in [0.2, 0.25) is 0 Å². The first-order valence-electron chi connectivity index (χ1n) is 9.44. The minimum absolute atomic E-state index is 0.0820. The van der Waals surface area contributed by atoms with Crippen molar-refractivity contribution >= 4 is 37.5 Å². The van der Waals surface area contributed by atoms with E-state index in [9.17, 15) is 9.70 Å². The van der Waals surface area contributed by atoms with Crippen molar-refractivity contribution in [3.8, 4) is 0 Å². The van der Waals surface area contributed by atoms with Crippen molar-refractivity contribution in [1.82, 2.24) is 4.90 Å². The number of carbonyl (C=O) groups is 1. The molecule has 0 aromatic carbocycles. The summed E-state index contributed by atoms with van der Waals surface area (Å²) in [5.74, 6) is 0.263. The number of carbonyl (C=O) groups excluding carboxylic acids is 1. The number of nitroso groups, excluding NO2 is 1. The summed E-state index contributed by atoms with van der Waals surface area (Å²) in [6.45, 7) is 16.0. The molecule has 0 amide bonds. The Hall–Kier alpha value is 0.249. The minimum atomic E-state index is -2.49. The molecule has 1 saturated heterocycles. The maximum absolute atomic E-state index is 12.3. The van der Waals surface area contributed by atoms with Crippen LogP contribution < -0.4 is 0 Å². The number of ether oxygens (including phenoxy) is 2. The van der Waals surface area contributed by atoms with Gasteiger partial charge in [0.25, 0.3) is 0 Å². The van der Waals surface area contributed by atoms with Crippen molar-refractivity contribution in [2.75, 3.05) is 45.2 Å². The van der Waals surface area contributed by atoms with Crippen LogP contribution in [0.15, 0.2) is 4.95 Å². The quantitative estimate of drug-likeness (QED) is 0.142. The summed E-state index contributed by atoms with van der Waals surface area (Å²) in [5.41, 5.74) is -0.537. The Kier molecular flexibility index (Phi) is 14.4. The summed E-state index contributed by atoms with van der Waals surface area (Å²) < 4.78 is 16.3. The first kappa shape index (κ1) is 27.2. The van der Waals surface area contributed by atoms with E-state index in [1.807, 2.05) is 41.5 Å². The fraction of sp³-hybridized carbons (Fsp3) is 0.941. The Morgan fingerprint density at radius 1 is 1.33 bits per heavy atom. The van der Waals surface area contributed by atoms with Crippen LogP contribution in [0.2, 0.25) is 0 Å². The summed E-state index contributed by atoms with van der Waals surface area (Å²) in [5, 5.41) is -2.49. The zero-order valence-electron chi connectivity index (χ0n) is 17.4. The molecule has 1 atom stereocenters. The summed E-state index contributed by atoms with van der Waals surface area (Å²) in [7, 11) is 0. The number of morpholine rings is 1. The first-order chi connectivity index (χ1) is 12.7. The topological polar surface area (TPSA) is 77.4 Å². The van der Waals surface area contributed by atoms with Crippen molar-refractivity contribution in [3.63, 3.8) is 0 Å². The average Bonchev–Trinajstić information content (AvgIpc) is 2.65. The van der Waals surface area contributed by atoms with Crippen LogP contribution in [-0.4, -0.2) is 77.3 Å². The molecule has 0 spiro atoms. The van der Waals surface area contributed by atoms with Gasteiger partial charge in [-0.3, -0.25) is 0 Å². The Bertz CT molecular complexity index is 488. The molecule has 0 radical (unpaired) electrons. The van der Waals surface area contributed by atoms with Crippen molar-refractivity contribution in [3.05, 3.63) is 4.91 Å². The second kappa shape index (κ2) is 14.3. The summed E-state index contributed by atoms with van der Waals surface area (Å²) in [6.07, 6.45) is 0.658. The van der Waals surface area contributed by atoms with E-state index in [4.69, 9.17) is 14.0 Å². The summed E-state index contributed by atoms with van der Waals surface area (Å²) >= 11 is 4.06. The van der Waals surface area contributed by atoms with E-state index in [0.29, 0.717) is 5.75 Å². The second-order valence-corrected chi connectivity index (χ2v) is 15.7. The summed E-state index contributed by atoms with van der Waals surface area (Å²) in [6, 6.07) is 0. The van der Waals surface area contributed by atoms with Gasteiger partial charge in [0, 0.05) is 0 Å². The third kappa shape index (κ3) is 11.7. The van der Waals surface area contributed by atoms with E-state index < -0.39 is 10.5 Å². The first-order valence-corrected chi connectivity index (χ1v) is 14.9. The third-order valence-corrected chi connectivity index (χ3v) is 10.2. The molecule has 0 aromatic heterocycles. The molecule has 0 bridgehead atoms. The molecule has 1 fully saturated rings. The van der Waals surface area contributed by atoms with Gasteiger partial charge in [0.15, 0.2) is 0 Å². The van der Waals surface area contributed by atoms with Crippen LogP contribution in [0.3, 0.4) is 0 Å². The Morgan fingerprint density at radius 3 is 2.44 bits per heavy atom. The average molecular weight is 489 g/mol. The van der Waals surface area contributed by atoms with Gasteiger partial charge in [-0.05, 0) is 0 Å². The van der Waals surface area contributed by atoms with Crippen LogP contribution >= 0.6 is 16.5 Å². The third-order valence-electron chi connectivity index (χ3n) is 3.72. The number of rotatable bonds is 11. The molecule has 1 aliphatic heterocycles. The molecule has 1 aliphatic rings. The van der Waals surface area contributed by atoms with Crippen LogP contribution in [-0.2, 0) is 18.8 Å². The molecule has 0 aromatic rings. The zero-order chi connectivity index (χ0) is 20.9. The standard InChI is InChI=1S/C15H29N2O5PSSe.C2H6/c1-13(2)22-23(25,16-19)24-12-11-21-14(18)15(3,4)5-6-17-7-9-20-10-8-17;1-2/h13H,5-12H2,1-4H3;1-2H3. The molecule has 1 unspecified atom stereocenters. The maximum atomic E-state index is 12.3. The Morgan fingerprint density at radius 2 is 1.93 bits per heavy atom. The van der Waals surface area contributed by atoms with E-state index in [2.05, 4.69) is 24.9 Å². The SMILES string of the molecule is CC.CC(C)OP(=[Se])(N=O)SCCOC(=O)C(C)(C)CCN1CCOCC1.